The van der Waals surface area contributed by atoms with Crippen molar-refractivity contribution in [3.05, 3.63) is 42.6 Å². The number of fused-ring (bicyclic) bond motifs is 1. The van der Waals surface area contributed by atoms with Crippen LogP contribution in [0.25, 0.3) is 28.2 Å². The highest BCUT2D eigenvalue weighted by Gasteiger charge is 2.14. The van der Waals surface area contributed by atoms with Gasteiger partial charge in [0.1, 0.15) is 29.4 Å². The largest absolute Gasteiger partial charge is 0.391 e. The van der Waals surface area contributed by atoms with Crippen molar-refractivity contribution in [3.63, 3.8) is 0 Å². The van der Waals surface area contributed by atoms with Crippen LogP contribution in [0, 0.1) is 11.3 Å². The van der Waals surface area contributed by atoms with Gasteiger partial charge < -0.3 is 10.4 Å². The normalized spacial score (nSPS) is 12.1. The second-order valence-electron chi connectivity index (χ2n) is 6.59. The van der Waals surface area contributed by atoms with Gasteiger partial charge in [-0.05, 0) is 19.9 Å². The van der Waals surface area contributed by atoms with E-state index in [1.54, 1.807) is 41.0 Å². The fraction of sp³-hybridized carbons (Fsp3) is 0.263. The van der Waals surface area contributed by atoms with Crippen LogP contribution in [0.15, 0.2) is 37.1 Å². The van der Waals surface area contributed by atoms with Crippen LogP contribution in [0.5, 0.6) is 0 Å². The smallest absolute Gasteiger partial charge is 0.165 e. The molecule has 4 aromatic heterocycles. The highest BCUT2D eigenvalue weighted by molar-refractivity contribution is 5.78. The van der Waals surface area contributed by atoms with Gasteiger partial charge >= 0.3 is 0 Å². The summed E-state index contributed by atoms with van der Waals surface area (Å²) in [6, 6.07) is 5.66. The van der Waals surface area contributed by atoms with E-state index in [2.05, 4.69) is 36.7 Å². The zero-order chi connectivity index (χ0) is 20.4. The monoisotopic (exact) mass is 389 g/mol. The van der Waals surface area contributed by atoms with Gasteiger partial charge in [-0.2, -0.15) is 5.26 Å². The summed E-state index contributed by atoms with van der Waals surface area (Å²) in [4.78, 5) is 13.2. The number of nitrogens with one attached hydrogen (secondary N) is 1. The maximum Gasteiger partial charge on any atom is 0.165 e. The van der Waals surface area contributed by atoms with Gasteiger partial charge in [-0.25, -0.2) is 19.6 Å². The first-order valence-corrected chi connectivity index (χ1v) is 9.15. The number of aromatic nitrogens is 7. The standard InChI is InChI=1S/C19H19N9O/c1-3-21-15-5-18(28-11-24-16-4-13(6-20)7-23-19(16)28)22-8-14(15)17-10-27(26-25-17)9-12(2)29/h4-5,7-8,10-12,29H,3,9H2,1-2H3,(H,21,22). The minimum Gasteiger partial charge on any atom is -0.391 e. The van der Waals surface area contributed by atoms with E-state index in [-0.39, 0.29) is 0 Å². The predicted octanol–water partition coefficient (Wildman–Crippen LogP) is 1.76. The molecule has 0 aliphatic heterocycles. The summed E-state index contributed by atoms with van der Waals surface area (Å²) in [5.74, 6) is 0.640. The lowest BCUT2D eigenvalue weighted by molar-refractivity contribution is 0.167. The van der Waals surface area contributed by atoms with Crippen LogP contribution in [0.1, 0.15) is 19.4 Å². The van der Waals surface area contributed by atoms with E-state index in [1.807, 2.05) is 13.0 Å². The Balaban J connectivity index is 1.75. The number of nitrogens with zero attached hydrogens (tertiary/aromatic N) is 8. The molecule has 0 saturated carbocycles. The molecule has 10 heteroatoms. The van der Waals surface area contributed by atoms with Crippen molar-refractivity contribution in [3.8, 4) is 23.1 Å². The number of hydrogen-bond acceptors (Lipinski definition) is 8. The Morgan fingerprint density at radius 1 is 1.24 bits per heavy atom. The maximum atomic E-state index is 9.54. The summed E-state index contributed by atoms with van der Waals surface area (Å²) >= 11 is 0. The van der Waals surface area contributed by atoms with Gasteiger partial charge in [0.25, 0.3) is 0 Å². The van der Waals surface area contributed by atoms with Crippen LogP contribution in [0.2, 0.25) is 0 Å². The molecule has 0 radical (unpaired) electrons. The Hall–Kier alpha value is -3.84. The molecular formula is C19H19N9O. The lowest BCUT2D eigenvalue weighted by atomic mass is 10.1. The number of pyridine rings is 2. The zero-order valence-electron chi connectivity index (χ0n) is 16.0. The van der Waals surface area contributed by atoms with E-state index < -0.39 is 6.10 Å². The van der Waals surface area contributed by atoms with Crippen molar-refractivity contribution >= 4 is 16.9 Å². The van der Waals surface area contributed by atoms with Crippen molar-refractivity contribution in [2.45, 2.75) is 26.5 Å². The summed E-state index contributed by atoms with van der Waals surface area (Å²) in [7, 11) is 0. The van der Waals surface area contributed by atoms with Gasteiger partial charge in [-0.15, -0.1) is 5.10 Å². The predicted molar refractivity (Wildman–Crippen MR) is 106 cm³/mol. The molecule has 1 unspecified atom stereocenters. The van der Waals surface area contributed by atoms with Crippen LogP contribution in [0.3, 0.4) is 0 Å². The summed E-state index contributed by atoms with van der Waals surface area (Å²) in [6.07, 6.45) is 6.14. The maximum absolute atomic E-state index is 9.54. The number of hydrogen-bond donors (Lipinski definition) is 2. The first kappa shape index (κ1) is 18.5. The third-order valence-corrected chi connectivity index (χ3v) is 4.29. The molecule has 0 saturated heterocycles. The van der Waals surface area contributed by atoms with E-state index >= 15 is 0 Å². The number of aliphatic hydroxyl groups is 1. The number of aliphatic hydroxyl groups excluding tert-OH is 1. The van der Waals surface area contributed by atoms with Gasteiger partial charge in [-0.3, -0.25) is 4.57 Å². The first-order chi connectivity index (χ1) is 14.1. The Kier molecular flexibility index (Phi) is 4.88. The average Bonchev–Trinajstić information content (AvgIpc) is 3.34. The Bertz CT molecular complexity index is 1200. The van der Waals surface area contributed by atoms with Crippen LogP contribution in [0.4, 0.5) is 5.69 Å². The zero-order valence-corrected chi connectivity index (χ0v) is 16.0. The molecule has 146 valence electrons. The lowest BCUT2D eigenvalue weighted by Gasteiger charge is -2.11. The molecular weight excluding hydrogens is 370 g/mol. The van der Waals surface area contributed by atoms with Crippen molar-refractivity contribution in [2.24, 2.45) is 0 Å². The molecule has 4 aromatic rings. The molecule has 0 aliphatic carbocycles. The highest BCUT2D eigenvalue weighted by atomic mass is 16.3. The third-order valence-electron chi connectivity index (χ3n) is 4.29. The minimum absolute atomic E-state index is 0.367. The Labute approximate surface area is 166 Å². The van der Waals surface area contributed by atoms with E-state index in [1.165, 1.54) is 6.20 Å². The van der Waals surface area contributed by atoms with Gasteiger partial charge in [0, 0.05) is 36.3 Å². The molecule has 0 amide bonds. The highest BCUT2D eigenvalue weighted by Crippen LogP contribution is 2.28. The molecule has 1 atom stereocenters. The SMILES string of the molecule is CCNc1cc(-n2cnc3cc(C#N)cnc32)ncc1-c1cn(CC(C)O)nn1. The fourth-order valence-corrected chi connectivity index (χ4v) is 3.03. The molecule has 0 bridgehead atoms. The topological polar surface area (TPSA) is 130 Å². The number of anilines is 1. The summed E-state index contributed by atoms with van der Waals surface area (Å²) < 4.78 is 3.37. The Morgan fingerprint density at radius 2 is 2.10 bits per heavy atom. The number of nitriles is 1. The number of imidazole rings is 1. The van der Waals surface area contributed by atoms with Crippen molar-refractivity contribution in [1.82, 2.24) is 34.5 Å². The van der Waals surface area contributed by atoms with Gasteiger partial charge in [-0.1, -0.05) is 5.21 Å². The molecule has 0 spiro atoms. The van der Waals surface area contributed by atoms with Crippen LogP contribution in [-0.2, 0) is 6.54 Å². The van der Waals surface area contributed by atoms with E-state index in [0.717, 1.165) is 11.3 Å². The number of rotatable bonds is 6. The molecule has 2 N–H and O–H groups in total. The molecule has 4 rings (SSSR count). The van der Waals surface area contributed by atoms with Gasteiger partial charge in [0.05, 0.1) is 24.4 Å². The van der Waals surface area contributed by atoms with Crippen LogP contribution >= 0.6 is 0 Å². The van der Waals surface area contributed by atoms with E-state index in [9.17, 15) is 5.11 Å². The average molecular weight is 389 g/mol. The van der Waals surface area contributed by atoms with Crippen molar-refractivity contribution < 1.29 is 5.11 Å². The first-order valence-electron chi connectivity index (χ1n) is 9.15. The quantitative estimate of drug-likeness (QED) is 0.510. The Morgan fingerprint density at radius 3 is 2.86 bits per heavy atom. The summed E-state index contributed by atoms with van der Waals surface area (Å²) in [6.45, 7) is 4.79. The second-order valence-corrected chi connectivity index (χ2v) is 6.59. The molecule has 10 nitrogen and oxygen atoms in total. The second kappa shape index (κ2) is 7.65. The molecule has 0 aliphatic rings. The molecule has 29 heavy (non-hydrogen) atoms. The molecule has 0 aromatic carbocycles. The van der Waals surface area contributed by atoms with Crippen molar-refractivity contribution in [2.75, 3.05) is 11.9 Å². The fourth-order valence-electron chi connectivity index (χ4n) is 3.03. The van der Waals surface area contributed by atoms with Gasteiger partial charge in [0.2, 0.25) is 0 Å². The van der Waals surface area contributed by atoms with E-state index in [4.69, 9.17) is 5.26 Å². The van der Waals surface area contributed by atoms with Crippen LogP contribution in [-0.4, -0.2) is 52.3 Å². The minimum atomic E-state index is -0.512. The summed E-state index contributed by atoms with van der Waals surface area (Å²) in [5, 5.41) is 30.2. The lowest BCUT2D eigenvalue weighted by Crippen LogP contribution is -2.11. The molecule has 0 fully saturated rings. The third kappa shape index (κ3) is 3.63. The van der Waals surface area contributed by atoms with Gasteiger partial charge in [0.15, 0.2) is 5.65 Å². The van der Waals surface area contributed by atoms with E-state index in [0.29, 0.717) is 41.3 Å². The summed E-state index contributed by atoms with van der Waals surface area (Å²) in [5.41, 5.74) is 4.01. The van der Waals surface area contributed by atoms with Crippen LogP contribution < -0.4 is 5.32 Å². The van der Waals surface area contributed by atoms with Crippen molar-refractivity contribution in [1.29, 1.82) is 5.26 Å². The molecule has 4 heterocycles.